The Morgan fingerprint density at radius 2 is 2.03 bits per heavy atom. The molecule has 2 aromatic heterocycles. The van der Waals surface area contributed by atoms with Crippen LogP contribution in [0.5, 0.6) is 0 Å². The predicted octanol–water partition coefficient (Wildman–Crippen LogP) is 4.97. The number of nitrogens with one attached hydrogen (secondary N) is 2. The fraction of sp³-hybridized carbons (Fsp3) is 0.250. The van der Waals surface area contributed by atoms with E-state index < -0.39 is 11.6 Å². The maximum absolute atomic E-state index is 13.2. The molecule has 34 heavy (non-hydrogen) atoms. The maximum atomic E-state index is 13.2. The Hall–Kier alpha value is -3.30. The molecule has 3 aromatic rings. The zero-order chi connectivity index (χ0) is 24.5. The van der Waals surface area contributed by atoms with Crippen molar-refractivity contribution in [1.82, 2.24) is 20.2 Å². The maximum Gasteiger partial charge on any atom is 0.325 e. The molecule has 0 unspecified atom stereocenters. The summed E-state index contributed by atoms with van der Waals surface area (Å²) in [6.45, 7) is 7.94. The first-order chi connectivity index (χ1) is 16.2. The molecule has 3 heterocycles. The molecule has 1 fully saturated rings. The molecule has 10 heteroatoms. The van der Waals surface area contributed by atoms with Gasteiger partial charge in [-0.25, -0.2) is 19.2 Å². The van der Waals surface area contributed by atoms with Crippen LogP contribution in [0.2, 0.25) is 5.02 Å². The third-order valence-corrected chi connectivity index (χ3v) is 7.07. The second kappa shape index (κ2) is 9.52. The summed E-state index contributed by atoms with van der Waals surface area (Å²) >= 11 is 7.95. The first kappa shape index (κ1) is 23.8. The number of urea groups is 1. The number of amides is 3. The van der Waals surface area contributed by atoms with Crippen molar-refractivity contribution in [3.63, 3.8) is 0 Å². The number of benzene rings is 1. The molecule has 2 N–H and O–H groups in total. The second-order valence-corrected chi connectivity index (χ2v) is 9.83. The van der Waals surface area contributed by atoms with E-state index in [0.717, 1.165) is 20.9 Å². The summed E-state index contributed by atoms with van der Waals surface area (Å²) in [6, 6.07) is 7.96. The van der Waals surface area contributed by atoms with E-state index in [4.69, 9.17) is 11.6 Å². The highest BCUT2D eigenvalue weighted by atomic mass is 35.5. The molecule has 0 bridgehead atoms. The lowest BCUT2D eigenvalue weighted by atomic mass is 10.0. The molecular weight excluding hydrogens is 477 g/mol. The van der Waals surface area contributed by atoms with Crippen molar-refractivity contribution in [2.24, 2.45) is 0 Å². The number of hydrogen-bond acceptors (Lipinski definition) is 6. The van der Waals surface area contributed by atoms with E-state index in [1.807, 2.05) is 6.07 Å². The van der Waals surface area contributed by atoms with E-state index >= 15 is 0 Å². The molecule has 1 aromatic carbocycles. The summed E-state index contributed by atoms with van der Waals surface area (Å²) in [6.07, 6.45) is 3.93. The zero-order valence-corrected chi connectivity index (χ0v) is 20.3. The molecule has 0 radical (unpaired) electrons. The predicted molar refractivity (Wildman–Crippen MR) is 132 cm³/mol. The molecule has 7 nitrogen and oxygen atoms in total. The van der Waals surface area contributed by atoms with Crippen LogP contribution in [0.25, 0.3) is 16.6 Å². The van der Waals surface area contributed by atoms with Crippen molar-refractivity contribution in [2.45, 2.75) is 25.8 Å². The SMILES string of the molecule is C=Cc1cc(-c2nc(NCCN3C(=O)NC(=O)C3(C)C)ncc2Cl)sc1Cc1ccc(F)cc1. The monoisotopic (exact) mass is 499 g/mol. The highest BCUT2D eigenvalue weighted by Crippen LogP contribution is 2.36. The number of aromatic nitrogens is 2. The number of nitrogens with zero attached hydrogens (tertiary/aromatic N) is 3. The van der Waals surface area contributed by atoms with Gasteiger partial charge in [0.15, 0.2) is 0 Å². The van der Waals surface area contributed by atoms with E-state index in [9.17, 15) is 14.0 Å². The molecule has 0 spiro atoms. The minimum atomic E-state index is -0.913. The van der Waals surface area contributed by atoms with Crippen LogP contribution < -0.4 is 10.6 Å². The lowest BCUT2D eigenvalue weighted by molar-refractivity contribution is -0.125. The lowest BCUT2D eigenvalue weighted by Gasteiger charge is -2.27. The number of thiophene rings is 1. The smallest absolute Gasteiger partial charge is 0.325 e. The fourth-order valence-corrected chi connectivity index (χ4v) is 5.09. The van der Waals surface area contributed by atoms with Crippen molar-refractivity contribution in [3.8, 4) is 10.6 Å². The molecule has 1 saturated heterocycles. The molecular formula is C24H23ClFN5O2S. The number of imide groups is 1. The Kier molecular flexibility index (Phi) is 6.67. The highest BCUT2D eigenvalue weighted by Gasteiger charge is 2.45. The van der Waals surface area contributed by atoms with E-state index in [0.29, 0.717) is 36.2 Å². The van der Waals surface area contributed by atoms with E-state index in [1.54, 1.807) is 32.1 Å². The largest absolute Gasteiger partial charge is 0.352 e. The Bertz CT molecular complexity index is 1260. The van der Waals surface area contributed by atoms with Crippen molar-refractivity contribution >= 4 is 46.9 Å². The van der Waals surface area contributed by atoms with Crippen LogP contribution in [0.1, 0.15) is 29.9 Å². The molecule has 3 amide bonds. The molecule has 1 aliphatic rings. The van der Waals surface area contributed by atoms with Crippen molar-refractivity contribution < 1.29 is 14.0 Å². The number of halogens is 2. The van der Waals surface area contributed by atoms with Crippen molar-refractivity contribution in [3.05, 3.63) is 70.0 Å². The van der Waals surface area contributed by atoms with Crippen LogP contribution in [0.4, 0.5) is 15.1 Å². The molecule has 1 aliphatic heterocycles. The van der Waals surface area contributed by atoms with Gasteiger partial charge < -0.3 is 10.2 Å². The minimum absolute atomic E-state index is 0.270. The van der Waals surface area contributed by atoms with Gasteiger partial charge in [-0.15, -0.1) is 11.3 Å². The third-order valence-electron chi connectivity index (χ3n) is 5.63. The number of hydrogen-bond donors (Lipinski definition) is 2. The summed E-state index contributed by atoms with van der Waals surface area (Å²) in [5.74, 6) is -0.237. The standard InChI is InChI=1S/C24H23ClFN5O2S/c1-4-15-12-19(34-18(15)11-14-5-7-16(26)8-6-14)20-17(25)13-28-22(29-20)27-9-10-31-23(33)30-21(32)24(31,2)3/h4-8,12-13H,1,9-11H2,2-3H3,(H,27,28,29)(H,30,32,33). The van der Waals surface area contributed by atoms with Gasteiger partial charge in [0.2, 0.25) is 5.95 Å². The summed E-state index contributed by atoms with van der Waals surface area (Å²) in [7, 11) is 0. The molecule has 0 saturated carbocycles. The average Bonchev–Trinajstić information content (AvgIpc) is 3.29. The van der Waals surface area contributed by atoms with Gasteiger partial charge in [0.25, 0.3) is 5.91 Å². The molecule has 0 aliphatic carbocycles. The van der Waals surface area contributed by atoms with Gasteiger partial charge in [-0.1, -0.05) is 36.4 Å². The average molecular weight is 500 g/mol. The normalized spacial score (nSPS) is 14.9. The highest BCUT2D eigenvalue weighted by molar-refractivity contribution is 7.15. The number of carbonyl (C=O) groups excluding carboxylic acids is 2. The van der Waals surface area contributed by atoms with Crippen LogP contribution in [0.15, 0.2) is 43.1 Å². The lowest BCUT2D eigenvalue weighted by Crippen LogP contribution is -2.46. The van der Waals surface area contributed by atoms with E-state index in [1.165, 1.54) is 34.6 Å². The van der Waals surface area contributed by atoms with Crippen molar-refractivity contribution in [2.75, 3.05) is 18.4 Å². The quantitative estimate of drug-likeness (QED) is 0.427. The number of carbonyl (C=O) groups is 2. The number of anilines is 1. The molecule has 4 rings (SSSR count). The van der Waals surface area contributed by atoms with Crippen LogP contribution in [0, 0.1) is 5.82 Å². The first-order valence-electron chi connectivity index (χ1n) is 10.6. The first-order valence-corrected chi connectivity index (χ1v) is 11.8. The van der Waals surface area contributed by atoms with Gasteiger partial charge in [0.1, 0.15) is 17.1 Å². The summed E-state index contributed by atoms with van der Waals surface area (Å²) in [5, 5.41) is 5.83. The van der Waals surface area contributed by atoms with Gasteiger partial charge in [0.05, 0.1) is 16.1 Å². The van der Waals surface area contributed by atoms with Crippen LogP contribution >= 0.6 is 22.9 Å². The molecule has 176 valence electrons. The minimum Gasteiger partial charge on any atom is -0.352 e. The zero-order valence-electron chi connectivity index (χ0n) is 18.7. The van der Waals surface area contributed by atoms with Crippen molar-refractivity contribution in [1.29, 1.82) is 0 Å². The van der Waals surface area contributed by atoms with Crippen LogP contribution in [-0.2, 0) is 11.2 Å². The Balaban J connectivity index is 1.50. The van der Waals surface area contributed by atoms with Gasteiger partial charge >= 0.3 is 6.03 Å². The van der Waals surface area contributed by atoms with E-state index in [2.05, 4.69) is 27.2 Å². The summed E-state index contributed by atoms with van der Waals surface area (Å²) < 4.78 is 13.2. The van der Waals surface area contributed by atoms with Gasteiger partial charge in [-0.2, -0.15) is 0 Å². The fourth-order valence-electron chi connectivity index (χ4n) is 3.64. The third kappa shape index (κ3) is 4.80. The summed E-state index contributed by atoms with van der Waals surface area (Å²) in [5.41, 5.74) is 1.61. The topological polar surface area (TPSA) is 87.2 Å². The Labute approximate surface area is 205 Å². The molecule has 0 atom stereocenters. The van der Waals surface area contributed by atoms with Crippen LogP contribution in [0.3, 0.4) is 0 Å². The van der Waals surface area contributed by atoms with Gasteiger partial charge in [-0.05, 0) is 43.2 Å². The van der Waals surface area contributed by atoms with Gasteiger partial charge in [0, 0.05) is 24.4 Å². The Morgan fingerprint density at radius 3 is 2.68 bits per heavy atom. The van der Waals surface area contributed by atoms with Crippen LogP contribution in [-0.4, -0.2) is 45.4 Å². The van der Waals surface area contributed by atoms with Gasteiger partial charge in [-0.3, -0.25) is 10.1 Å². The summed E-state index contributed by atoms with van der Waals surface area (Å²) in [4.78, 5) is 36.1. The van der Waals surface area contributed by atoms with E-state index in [-0.39, 0.29) is 11.7 Å². The number of rotatable bonds is 8. The Morgan fingerprint density at radius 1 is 1.29 bits per heavy atom. The second-order valence-electron chi connectivity index (χ2n) is 8.28.